The van der Waals surface area contributed by atoms with Crippen LogP contribution in [0.4, 0.5) is 11.4 Å². The molecule has 1 aromatic rings. The molecule has 1 aromatic carbocycles. The molecule has 1 amide bonds. The molecule has 2 aliphatic heterocycles. The first-order valence-corrected chi connectivity index (χ1v) is 7.47. The molecule has 2 heterocycles. The van der Waals surface area contributed by atoms with Crippen LogP contribution in [0.25, 0.3) is 0 Å². The van der Waals surface area contributed by atoms with Crippen molar-refractivity contribution in [2.24, 2.45) is 11.8 Å². The van der Waals surface area contributed by atoms with Crippen molar-refractivity contribution in [3.8, 4) is 0 Å². The van der Waals surface area contributed by atoms with E-state index in [1.165, 1.54) is 12.8 Å². The molecular weight excluding hydrogens is 283 g/mol. The van der Waals surface area contributed by atoms with Gasteiger partial charge in [0.05, 0.1) is 21.4 Å². The predicted octanol–water partition coefficient (Wildman–Crippen LogP) is 3.55. The Hall–Kier alpha value is -0.930. The van der Waals surface area contributed by atoms with Crippen molar-refractivity contribution in [2.45, 2.75) is 25.3 Å². The van der Waals surface area contributed by atoms with E-state index in [-0.39, 0.29) is 11.9 Å². The molecule has 3 unspecified atom stereocenters. The quantitative estimate of drug-likeness (QED) is 0.794. The van der Waals surface area contributed by atoms with Crippen LogP contribution in [0.1, 0.15) is 19.3 Å². The summed E-state index contributed by atoms with van der Waals surface area (Å²) in [7, 11) is 0. The van der Waals surface area contributed by atoms with Gasteiger partial charge in [0.2, 0.25) is 5.91 Å². The lowest BCUT2D eigenvalue weighted by Crippen LogP contribution is -2.46. The Morgan fingerprint density at radius 2 is 2.00 bits per heavy atom. The molecule has 3 nitrogen and oxygen atoms in total. The molecule has 0 spiro atoms. The highest BCUT2D eigenvalue weighted by Crippen LogP contribution is 2.49. The van der Waals surface area contributed by atoms with Crippen LogP contribution < -0.4 is 10.2 Å². The van der Waals surface area contributed by atoms with E-state index in [9.17, 15) is 4.79 Å². The van der Waals surface area contributed by atoms with Gasteiger partial charge < -0.3 is 10.2 Å². The second kappa shape index (κ2) is 4.03. The molecule has 0 bridgehead atoms. The summed E-state index contributed by atoms with van der Waals surface area (Å²) in [5.41, 5.74) is 1.81. The van der Waals surface area contributed by atoms with E-state index in [1.54, 1.807) is 6.07 Å². The van der Waals surface area contributed by atoms with Crippen LogP contribution in [0.15, 0.2) is 12.1 Å². The minimum Gasteiger partial charge on any atom is -0.357 e. The molecule has 100 valence electrons. The maximum absolute atomic E-state index is 12.3. The lowest BCUT2D eigenvalue weighted by atomic mass is 9.92. The van der Waals surface area contributed by atoms with Crippen molar-refractivity contribution in [1.82, 2.24) is 0 Å². The van der Waals surface area contributed by atoms with Crippen molar-refractivity contribution in [3.05, 3.63) is 22.2 Å². The summed E-state index contributed by atoms with van der Waals surface area (Å²) in [4.78, 5) is 14.6. The third-order valence-corrected chi connectivity index (χ3v) is 5.49. The van der Waals surface area contributed by atoms with Gasteiger partial charge in [0, 0.05) is 6.54 Å². The number of hydrogen-bond donors (Lipinski definition) is 1. The lowest BCUT2D eigenvalue weighted by Gasteiger charge is -2.35. The first kappa shape index (κ1) is 11.9. The van der Waals surface area contributed by atoms with Crippen LogP contribution in [-0.2, 0) is 4.79 Å². The normalized spacial score (nSPS) is 31.8. The number of hydrogen-bond acceptors (Lipinski definition) is 2. The first-order valence-electron chi connectivity index (χ1n) is 6.71. The molecule has 1 saturated carbocycles. The summed E-state index contributed by atoms with van der Waals surface area (Å²) in [6, 6.07) is 3.62. The van der Waals surface area contributed by atoms with Crippen molar-refractivity contribution in [1.29, 1.82) is 0 Å². The summed E-state index contributed by atoms with van der Waals surface area (Å²) in [5.74, 6) is 1.26. The highest BCUT2D eigenvalue weighted by atomic mass is 35.5. The fourth-order valence-corrected chi connectivity index (χ4v) is 4.29. The van der Waals surface area contributed by atoms with Gasteiger partial charge in [-0.15, -0.1) is 0 Å². The van der Waals surface area contributed by atoms with Gasteiger partial charge in [-0.05, 0) is 36.8 Å². The molecule has 5 heteroatoms. The number of benzene rings is 1. The molecule has 3 atom stereocenters. The molecular formula is C14H14Cl2N2O. The molecule has 19 heavy (non-hydrogen) atoms. The molecule has 0 aromatic heterocycles. The SMILES string of the molecule is O=C1Nc2cc(Cl)c(Cl)cc2N2CC3CCCC3C12. The molecule has 1 saturated heterocycles. The highest BCUT2D eigenvalue weighted by molar-refractivity contribution is 6.42. The fourth-order valence-electron chi connectivity index (χ4n) is 3.97. The number of nitrogens with zero attached hydrogens (tertiary/aromatic N) is 1. The smallest absolute Gasteiger partial charge is 0.247 e. The van der Waals surface area contributed by atoms with Crippen molar-refractivity contribution >= 4 is 40.5 Å². The summed E-state index contributed by atoms with van der Waals surface area (Å²) < 4.78 is 0. The molecule has 1 N–H and O–H groups in total. The predicted molar refractivity (Wildman–Crippen MR) is 77.1 cm³/mol. The Labute approximate surface area is 121 Å². The summed E-state index contributed by atoms with van der Waals surface area (Å²) in [5, 5.41) is 4.02. The number of carbonyl (C=O) groups is 1. The summed E-state index contributed by atoms with van der Waals surface area (Å²) in [6.07, 6.45) is 3.65. The zero-order valence-electron chi connectivity index (χ0n) is 10.3. The minimum atomic E-state index is -0.0164. The lowest BCUT2D eigenvalue weighted by molar-refractivity contribution is -0.118. The van der Waals surface area contributed by atoms with Crippen molar-refractivity contribution < 1.29 is 4.79 Å². The first-order chi connectivity index (χ1) is 9.15. The second-order valence-electron chi connectivity index (χ2n) is 5.72. The number of carbonyl (C=O) groups excluding carboxylic acids is 1. The molecule has 3 aliphatic rings. The maximum Gasteiger partial charge on any atom is 0.247 e. The third kappa shape index (κ3) is 1.61. The van der Waals surface area contributed by atoms with E-state index in [4.69, 9.17) is 23.2 Å². The van der Waals surface area contributed by atoms with Crippen LogP contribution in [-0.4, -0.2) is 18.5 Å². The van der Waals surface area contributed by atoms with Gasteiger partial charge in [0.1, 0.15) is 6.04 Å². The summed E-state index contributed by atoms with van der Waals surface area (Å²) in [6.45, 7) is 0.966. The number of halogens is 2. The minimum absolute atomic E-state index is 0.0164. The van der Waals surface area contributed by atoms with Gasteiger partial charge in [0.15, 0.2) is 0 Å². The van der Waals surface area contributed by atoms with Crippen LogP contribution >= 0.6 is 23.2 Å². The van der Waals surface area contributed by atoms with Gasteiger partial charge in [0.25, 0.3) is 0 Å². The van der Waals surface area contributed by atoms with E-state index in [1.807, 2.05) is 6.07 Å². The topological polar surface area (TPSA) is 32.3 Å². The van der Waals surface area contributed by atoms with E-state index < -0.39 is 0 Å². The Morgan fingerprint density at radius 3 is 2.84 bits per heavy atom. The number of rotatable bonds is 0. The molecule has 1 aliphatic carbocycles. The average molecular weight is 297 g/mol. The average Bonchev–Trinajstić information content (AvgIpc) is 2.91. The number of amides is 1. The molecule has 4 rings (SSSR count). The molecule has 0 radical (unpaired) electrons. The van der Waals surface area contributed by atoms with Crippen LogP contribution in [0, 0.1) is 11.8 Å². The van der Waals surface area contributed by atoms with Crippen LogP contribution in [0.5, 0.6) is 0 Å². The largest absolute Gasteiger partial charge is 0.357 e. The zero-order chi connectivity index (χ0) is 13.1. The Kier molecular flexibility index (Phi) is 2.52. The van der Waals surface area contributed by atoms with Crippen molar-refractivity contribution in [2.75, 3.05) is 16.8 Å². The number of anilines is 2. The van der Waals surface area contributed by atoms with Crippen molar-refractivity contribution in [3.63, 3.8) is 0 Å². The van der Waals surface area contributed by atoms with Gasteiger partial charge in [-0.3, -0.25) is 4.79 Å². The van der Waals surface area contributed by atoms with E-state index >= 15 is 0 Å². The van der Waals surface area contributed by atoms with Gasteiger partial charge in [-0.1, -0.05) is 29.6 Å². The maximum atomic E-state index is 12.3. The Balaban J connectivity index is 1.82. The Morgan fingerprint density at radius 1 is 1.21 bits per heavy atom. The third-order valence-electron chi connectivity index (χ3n) is 4.76. The highest BCUT2D eigenvalue weighted by Gasteiger charge is 2.50. The van der Waals surface area contributed by atoms with Crippen LogP contribution in [0.3, 0.4) is 0 Å². The monoisotopic (exact) mass is 296 g/mol. The fraction of sp³-hybridized carbons (Fsp3) is 0.500. The molecule has 2 fully saturated rings. The Bertz CT molecular complexity index is 575. The standard InChI is InChI=1S/C14H14Cl2N2O/c15-9-4-11-12(5-10(9)16)18-6-7-2-1-3-8(7)13(18)14(19)17-11/h4-5,7-8,13H,1-3,6H2,(H,17,19). The van der Waals surface area contributed by atoms with Crippen LogP contribution in [0.2, 0.25) is 10.0 Å². The van der Waals surface area contributed by atoms with Gasteiger partial charge in [-0.25, -0.2) is 0 Å². The number of fused-ring (bicyclic) bond motifs is 5. The summed E-state index contributed by atoms with van der Waals surface area (Å²) >= 11 is 12.2. The van der Waals surface area contributed by atoms with Gasteiger partial charge in [-0.2, -0.15) is 0 Å². The van der Waals surface area contributed by atoms with E-state index in [0.29, 0.717) is 21.9 Å². The van der Waals surface area contributed by atoms with E-state index in [0.717, 1.165) is 24.3 Å². The van der Waals surface area contributed by atoms with Gasteiger partial charge >= 0.3 is 0 Å². The second-order valence-corrected chi connectivity index (χ2v) is 6.54. The van der Waals surface area contributed by atoms with E-state index in [2.05, 4.69) is 10.2 Å². The zero-order valence-corrected chi connectivity index (χ0v) is 11.8. The number of nitrogens with one attached hydrogen (secondary N) is 1.